The van der Waals surface area contributed by atoms with Crippen LogP contribution in [-0.4, -0.2) is 31.4 Å². The number of hydrogen-bond acceptors (Lipinski definition) is 5. The molecule has 0 saturated heterocycles. The van der Waals surface area contributed by atoms with E-state index in [0.29, 0.717) is 6.61 Å². The number of aliphatic imine (C=N–C) groups is 1. The van der Waals surface area contributed by atoms with Gasteiger partial charge in [0.25, 0.3) is 6.02 Å². The zero-order chi connectivity index (χ0) is 14.2. The van der Waals surface area contributed by atoms with E-state index in [2.05, 4.69) is 15.0 Å². The van der Waals surface area contributed by atoms with E-state index in [4.69, 9.17) is 10.5 Å². The summed E-state index contributed by atoms with van der Waals surface area (Å²) < 4.78 is 9.91. The Labute approximate surface area is 117 Å². The van der Waals surface area contributed by atoms with Crippen LogP contribution in [0.4, 0.5) is 10.5 Å². The summed E-state index contributed by atoms with van der Waals surface area (Å²) in [6, 6.07) is 6.17. The van der Waals surface area contributed by atoms with Crippen LogP contribution in [0.2, 0.25) is 0 Å². The highest BCUT2D eigenvalue weighted by atomic mass is 16.5. The third-order valence-corrected chi connectivity index (χ3v) is 3.85. The van der Waals surface area contributed by atoms with Crippen LogP contribution < -0.4 is 11.1 Å². The number of amides is 1. The van der Waals surface area contributed by atoms with Gasteiger partial charge >= 0.3 is 6.09 Å². The fraction of sp³-hybridized carbons (Fsp3) is 0.429. The summed E-state index contributed by atoms with van der Waals surface area (Å²) in [5.41, 5.74) is 8.58. The van der Waals surface area contributed by atoms with Crippen LogP contribution in [0.1, 0.15) is 17.5 Å². The van der Waals surface area contributed by atoms with Gasteiger partial charge in [0.1, 0.15) is 12.1 Å². The number of carbonyl (C=O) groups excluding carboxylic acids is 1. The van der Waals surface area contributed by atoms with E-state index in [1.54, 1.807) is 0 Å². The molecule has 2 aliphatic rings. The fourth-order valence-electron chi connectivity index (χ4n) is 2.82. The maximum atomic E-state index is 11.3. The molecule has 0 bridgehead atoms. The first kappa shape index (κ1) is 12.8. The standard InChI is InChI=1S/C14H17N3O3/c1-19-13(18)16-11-3-2-9-4-5-14(7-10(9)6-11)8-20-12(15)17-14/h2-3,6H,4-5,7-8H2,1H3,(H2,15,17)(H,16,18). The number of nitrogens with two attached hydrogens (primary N) is 1. The molecule has 0 radical (unpaired) electrons. The van der Waals surface area contributed by atoms with Gasteiger partial charge in [0, 0.05) is 12.1 Å². The summed E-state index contributed by atoms with van der Waals surface area (Å²) in [5, 5.41) is 2.68. The quantitative estimate of drug-likeness (QED) is 0.812. The predicted octanol–water partition coefficient (Wildman–Crippen LogP) is 1.44. The monoisotopic (exact) mass is 275 g/mol. The molecule has 1 unspecified atom stereocenters. The number of nitrogens with one attached hydrogen (secondary N) is 1. The van der Waals surface area contributed by atoms with Crippen molar-refractivity contribution in [1.29, 1.82) is 0 Å². The summed E-state index contributed by atoms with van der Waals surface area (Å²) in [6.45, 7) is 0.535. The van der Waals surface area contributed by atoms with E-state index in [9.17, 15) is 4.79 Å². The van der Waals surface area contributed by atoms with Gasteiger partial charge in [0.15, 0.2) is 0 Å². The highest BCUT2D eigenvalue weighted by Gasteiger charge is 2.39. The molecule has 6 nitrogen and oxygen atoms in total. The van der Waals surface area contributed by atoms with Gasteiger partial charge in [-0.1, -0.05) is 6.07 Å². The maximum absolute atomic E-state index is 11.3. The van der Waals surface area contributed by atoms with E-state index in [1.165, 1.54) is 18.2 Å². The van der Waals surface area contributed by atoms with Crippen LogP contribution in [0, 0.1) is 0 Å². The van der Waals surface area contributed by atoms with E-state index in [-0.39, 0.29) is 11.6 Å². The zero-order valence-electron chi connectivity index (χ0n) is 11.3. The number of aryl methyl sites for hydroxylation is 1. The maximum Gasteiger partial charge on any atom is 0.411 e. The lowest BCUT2D eigenvalue weighted by Crippen LogP contribution is -2.35. The number of carbonyl (C=O) groups is 1. The lowest BCUT2D eigenvalue weighted by Gasteiger charge is -2.30. The summed E-state index contributed by atoms with van der Waals surface area (Å²) >= 11 is 0. The molecule has 1 spiro atoms. The summed E-state index contributed by atoms with van der Waals surface area (Å²) in [6.07, 6.45) is 2.18. The Balaban J connectivity index is 1.84. The molecule has 3 N–H and O–H groups in total. The Hall–Kier alpha value is -2.24. The third kappa shape index (κ3) is 2.29. The molecular formula is C14H17N3O3. The van der Waals surface area contributed by atoms with Crippen molar-refractivity contribution in [3.63, 3.8) is 0 Å². The Morgan fingerprint density at radius 2 is 2.35 bits per heavy atom. The van der Waals surface area contributed by atoms with Gasteiger partial charge in [-0.3, -0.25) is 5.32 Å². The second-order valence-electron chi connectivity index (χ2n) is 5.24. The molecule has 3 rings (SSSR count). The average Bonchev–Trinajstić information content (AvgIpc) is 2.79. The zero-order valence-corrected chi connectivity index (χ0v) is 11.3. The van der Waals surface area contributed by atoms with Crippen molar-refractivity contribution in [2.45, 2.75) is 24.8 Å². The van der Waals surface area contributed by atoms with Crippen LogP contribution >= 0.6 is 0 Å². The van der Waals surface area contributed by atoms with Gasteiger partial charge in [-0.15, -0.1) is 0 Å². The summed E-state index contributed by atoms with van der Waals surface area (Å²) in [7, 11) is 1.34. The van der Waals surface area contributed by atoms with E-state index >= 15 is 0 Å². The molecule has 1 aliphatic heterocycles. The SMILES string of the molecule is COC(=O)Nc1ccc2c(c1)CC1(CC2)COC(N)=N1. The molecule has 1 atom stereocenters. The number of amidine groups is 1. The first-order valence-corrected chi connectivity index (χ1v) is 6.55. The Bertz CT molecular complexity index is 585. The first-order chi connectivity index (χ1) is 9.60. The van der Waals surface area contributed by atoms with E-state index in [1.807, 2.05) is 18.2 Å². The van der Waals surface area contributed by atoms with Crippen molar-refractivity contribution in [3.8, 4) is 0 Å². The minimum Gasteiger partial charge on any atom is -0.463 e. The minimum absolute atomic E-state index is 0.235. The topological polar surface area (TPSA) is 85.9 Å². The molecule has 1 amide bonds. The molecule has 1 aromatic carbocycles. The summed E-state index contributed by atoms with van der Waals surface area (Å²) in [4.78, 5) is 15.7. The van der Waals surface area contributed by atoms with Crippen molar-refractivity contribution in [3.05, 3.63) is 29.3 Å². The van der Waals surface area contributed by atoms with Crippen LogP contribution in [0.15, 0.2) is 23.2 Å². The normalized spacial score (nSPS) is 23.8. The van der Waals surface area contributed by atoms with Gasteiger partial charge in [-0.25, -0.2) is 9.79 Å². The van der Waals surface area contributed by atoms with Crippen molar-refractivity contribution >= 4 is 17.8 Å². The van der Waals surface area contributed by atoms with Crippen LogP contribution in [-0.2, 0) is 22.3 Å². The smallest absolute Gasteiger partial charge is 0.411 e. The second kappa shape index (κ2) is 4.70. The van der Waals surface area contributed by atoms with Crippen molar-refractivity contribution in [1.82, 2.24) is 0 Å². The molecule has 0 saturated carbocycles. The number of rotatable bonds is 1. The largest absolute Gasteiger partial charge is 0.463 e. The molecule has 0 fully saturated rings. The van der Waals surface area contributed by atoms with Crippen LogP contribution in [0.3, 0.4) is 0 Å². The molecule has 0 aromatic heterocycles. The Kier molecular flexibility index (Phi) is 3.00. The number of benzene rings is 1. The van der Waals surface area contributed by atoms with E-state index < -0.39 is 6.09 Å². The molecular weight excluding hydrogens is 258 g/mol. The number of fused-ring (bicyclic) bond motifs is 1. The highest BCUT2D eigenvalue weighted by molar-refractivity contribution is 5.84. The lowest BCUT2D eigenvalue weighted by atomic mass is 9.79. The van der Waals surface area contributed by atoms with Gasteiger partial charge in [0.05, 0.1) is 7.11 Å². The van der Waals surface area contributed by atoms with Crippen LogP contribution in [0.5, 0.6) is 0 Å². The molecule has 1 aromatic rings. The van der Waals surface area contributed by atoms with Crippen molar-refractivity contribution in [2.75, 3.05) is 19.0 Å². The minimum atomic E-state index is -0.470. The fourth-order valence-corrected chi connectivity index (χ4v) is 2.82. The first-order valence-electron chi connectivity index (χ1n) is 6.55. The Morgan fingerprint density at radius 3 is 3.05 bits per heavy atom. The summed E-state index contributed by atoms with van der Waals surface area (Å²) in [5.74, 6) is 0. The molecule has 20 heavy (non-hydrogen) atoms. The number of ether oxygens (including phenoxy) is 2. The number of nitrogens with zero attached hydrogens (tertiary/aromatic N) is 1. The van der Waals surface area contributed by atoms with Gasteiger partial charge in [-0.05, 0) is 36.1 Å². The van der Waals surface area contributed by atoms with Gasteiger partial charge in [0.2, 0.25) is 0 Å². The van der Waals surface area contributed by atoms with Crippen LogP contribution in [0.25, 0.3) is 0 Å². The average molecular weight is 275 g/mol. The molecule has 106 valence electrons. The number of hydrogen-bond donors (Lipinski definition) is 2. The van der Waals surface area contributed by atoms with Crippen molar-refractivity contribution in [2.24, 2.45) is 10.7 Å². The second-order valence-corrected chi connectivity index (χ2v) is 5.24. The van der Waals surface area contributed by atoms with Crippen molar-refractivity contribution < 1.29 is 14.3 Å². The number of anilines is 1. The molecule has 1 heterocycles. The lowest BCUT2D eigenvalue weighted by molar-refractivity contribution is 0.187. The number of methoxy groups -OCH3 is 1. The highest BCUT2D eigenvalue weighted by Crippen LogP contribution is 2.35. The molecule has 6 heteroatoms. The van der Waals surface area contributed by atoms with Gasteiger partial charge < -0.3 is 15.2 Å². The third-order valence-electron chi connectivity index (χ3n) is 3.85. The van der Waals surface area contributed by atoms with E-state index in [0.717, 1.165) is 24.9 Å². The molecule has 1 aliphatic carbocycles. The Morgan fingerprint density at radius 1 is 1.50 bits per heavy atom. The van der Waals surface area contributed by atoms with Gasteiger partial charge in [-0.2, -0.15) is 0 Å². The predicted molar refractivity (Wildman–Crippen MR) is 74.8 cm³/mol.